The second kappa shape index (κ2) is 8.41. The van der Waals surface area contributed by atoms with Crippen molar-refractivity contribution in [3.05, 3.63) is 98.2 Å². The monoisotopic (exact) mass is 388 g/mol. The van der Waals surface area contributed by atoms with Crippen molar-refractivity contribution < 1.29 is 14.6 Å². The lowest BCUT2D eigenvalue weighted by Gasteiger charge is -2.05. The van der Waals surface area contributed by atoms with E-state index in [9.17, 15) is 25.5 Å². The molecule has 0 spiro atoms. The summed E-state index contributed by atoms with van der Waals surface area (Å²) in [4.78, 5) is 24.4. The first-order valence-corrected chi connectivity index (χ1v) is 8.21. The van der Waals surface area contributed by atoms with Gasteiger partial charge in [-0.05, 0) is 29.3 Å². The first-order valence-electron chi connectivity index (χ1n) is 8.21. The van der Waals surface area contributed by atoms with E-state index in [2.05, 4.69) is 4.98 Å². The van der Waals surface area contributed by atoms with Gasteiger partial charge < -0.3 is 4.74 Å². The van der Waals surface area contributed by atoms with Gasteiger partial charge in [0.2, 0.25) is 5.88 Å². The van der Waals surface area contributed by atoms with Gasteiger partial charge in [-0.15, -0.1) is 0 Å². The number of allylic oxidation sites excluding steroid dienone is 1. The number of hydrogen-bond donors (Lipinski definition) is 0. The van der Waals surface area contributed by atoms with Gasteiger partial charge in [0.1, 0.15) is 11.9 Å². The molecule has 0 aliphatic heterocycles. The van der Waals surface area contributed by atoms with E-state index in [1.54, 1.807) is 36.4 Å². The van der Waals surface area contributed by atoms with Crippen molar-refractivity contribution in [2.45, 2.75) is 0 Å². The molecule has 9 nitrogen and oxygen atoms in total. The highest BCUT2D eigenvalue weighted by atomic mass is 16.6. The fraction of sp³-hybridized carbons (Fsp3) is 0. The number of nitrogens with zero attached hydrogens (tertiary/aromatic N) is 4. The standard InChI is InChI=1S/C20H12N4O5/c21-12-16(15-2-1-3-17(11-15)23(25)26)10-14-4-7-19(8-5-14)29-20-9-6-18(13-22-20)24(27)28/h1-11,13H/b16-10-. The van der Waals surface area contributed by atoms with Crippen LogP contribution in [0.5, 0.6) is 11.6 Å². The molecular formula is C20H12N4O5. The zero-order chi connectivity index (χ0) is 20.8. The number of non-ortho nitro benzene ring substituents is 1. The summed E-state index contributed by atoms with van der Waals surface area (Å²) in [5.74, 6) is 0.658. The van der Waals surface area contributed by atoms with E-state index < -0.39 is 9.85 Å². The van der Waals surface area contributed by atoms with Gasteiger partial charge in [0, 0.05) is 24.3 Å². The van der Waals surface area contributed by atoms with Crippen LogP contribution in [0.1, 0.15) is 11.1 Å². The summed E-state index contributed by atoms with van der Waals surface area (Å²) in [6.45, 7) is 0. The molecule has 0 unspecified atom stereocenters. The summed E-state index contributed by atoms with van der Waals surface area (Å²) in [6, 6.07) is 17.3. The van der Waals surface area contributed by atoms with E-state index >= 15 is 0 Å². The lowest BCUT2D eigenvalue weighted by atomic mass is 10.0. The van der Waals surface area contributed by atoms with Gasteiger partial charge in [-0.25, -0.2) is 4.98 Å². The van der Waals surface area contributed by atoms with Gasteiger partial charge in [-0.1, -0.05) is 24.3 Å². The molecule has 29 heavy (non-hydrogen) atoms. The van der Waals surface area contributed by atoms with Gasteiger partial charge in [0.15, 0.2) is 0 Å². The van der Waals surface area contributed by atoms with Crippen molar-refractivity contribution in [3.63, 3.8) is 0 Å². The molecule has 3 rings (SSSR count). The van der Waals surface area contributed by atoms with Crippen molar-refractivity contribution in [3.8, 4) is 17.7 Å². The Labute approximate surface area is 164 Å². The maximum Gasteiger partial charge on any atom is 0.287 e. The van der Waals surface area contributed by atoms with Gasteiger partial charge in [-0.3, -0.25) is 20.2 Å². The Balaban J connectivity index is 1.78. The highest BCUT2D eigenvalue weighted by Gasteiger charge is 2.09. The molecule has 0 aliphatic carbocycles. The van der Waals surface area contributed by atoms with Gasteiger partial charge in [0.05, 0.1) is 21.5 Å². The summed E-state index contributed by atoms with van der Waals surface area (Å²) in [6.07, 6.45) is 2.71. The molecule has 1 aromatic heterocycles. The predicted octanol–water partition coefficient (Wildman–Crippen LogP) is 4.75. The molecule has 0 radical (unpaired) electrons. The molecule has 1 heterocycles. The minimum absolute atomic E-state index is 0.0944. The largest absolute Gasteiger partial charge is 0.439 e. The number of hydrogen-bond acceptors (Lipinski definition) is 7. The number of pyridine rings is 1. The van der Waals surface area contributed by atoms with E-state index in [0.717, 1.165) is 6.20 Å². The third-order valence-electron chi connectivity index (χ3n) is 3.83. The second-order valence-corrected chi connectivity index (χ2v) is 5.76. The van der Waals surface area contributed by atoms with Crippen LogP contribution in [0.15, 0.2) is 66.9 Å². The molecule has 3 aromatic rings. The molecule has 0 fully saturated rings. The minimum Gasteiger partial charge on any atom is -0.439 e. The predicted molar refractivity (Wildman–Crippen MR) is 104 cm³/mol. The van der Waals surface area contributed by atoms with Crippen LogP contribution in [0.25, 0.3) is 11.6 Å². The number of nitro benzene ring substituents is 1. The van der Waals surface area contributed by atoms with Crippen LogP contribution in [0.3, 0.4) is 0 Å². The minimum atomic E-state index is -0.550. The Bertz CT molecular complexity index is 1130. The Hall–Kier alpha value is -4.58. The topological polar surface area (TPSA) is 132 Å². The summed E-state index contributed by atoms with van der Waals surface area (Å²) < 4.78 is 5.53. The number of nitriles is 1. The van der Waals surface area contributed by atoms with E-state index in [0.29, 0.717) is 16.9 Å². The smallest absolute Gasteiger partial charge is 0.287 e. The Morgan fingerprint density at radius 1 is 1.00 bits per heavy atom. The molecule has 0 atom stereocenters. The van der Waals surface area contributed by atoms with Crippen molar-refractivity contribution >= 4 is 23.0 Å². The van der Waals surface area contributed by atoms with Crippen LogP contribution in [0.2, 0.25) is 0 Å². The number of ether oxygens (including phenoxy) is 1. The van der Waals surface area contributed by atoms with Crippen molar-refractivity contribution in [2.75, 3.05) is 0 Å². The normalized spacial score (nSPS) is 10.8. The molecule has 0 saturated carbocycles. The molecule has 0 saturated heterocycles. The molecule has 0 amide bonds. The number of aromatic nitrogens is 1. The summed E-state index contributed by atoms with van der Waals surface area (Å²) >= 11 is 0. The fourth-order valence-electron chi connectivity index (χ4n) is 2.43. The lowest BCUT2D eigenvalue weighted by Crippen LogP contribution is -1.91. The third-order valence-corrected chi connectivity index (χ3v) is 3.83. The SMILES string of the molecule is N#C/C(=C/c1ccc(Oc2ccc([N+](=O)[O-])cn2)cc1)c1cccc([N+](=O)[O-])c1. The van der Waals surface area contributed by atoms with E-state index in [1.165, 1.54) is 30.3 Å². The van der Waals surface area contributed by atoms with Crippen molar-refractivity contribution in [2.24, 2.45) is 0 Å². The highest BCUT2D eigenvalue weighted by molar-refractivity contribution is 5.90. The highest BCUT2D eigenvalue weighted by Crippen LogP contribution is 2.25. The first-order chi connectivity index (χ1) is 14.0. The van der Waals surface area contributed by atoms with Crippen LogP contribution in [-0.2, 0) is 0 Å². The quantitative estimate of drug-likeness (QED) is 0.257. The van der Waals surface area contributed by atoms with Crippen molar-refractivity contribution in [1.29, 1.82) is 5.26 Å². The molecule has 0 aliphatic rings. The van der Waals surface area contributed by atoms with E-state index in [-0.39, 0.29) is 22.8 Å². The average molecular weight is 388 g/mol. The molecule has 142 valence electrons. The Kier molecular flexibility index (Phi) is 5.56. The van der Waals surface area contributed by atoms with Gasteiger partial charge in [-0.2, -0.15) is 5.26 Å². The number of nitro groups is 2. The zero-order valence-corrected chi connectivity index (χ0v) is 14.8. The maximum absolute atomic E-state index is 10.9. The molecular weight excluding hydrogens is 376 g/mol. The maximum atomic E-state index is 10.9. The van der Waals surface area contributed by atoms with E-state index in [4.69, 9.17) is 4.74 Å². The average Bonchev–Trinajstić information content (AvgIpc) is 2.73. The molecule has 2 aromatic carbocycles. The van der Waals surface area contributed by atoms with Crippen LogP contribution in [0, 0.1) is 31.6 Å². The summed E-state index contributed by atoms with van der Waals surface area (Å²) in [5, 5.41) is 31.0. The molecule has 0 N–H and O–H groups in total. The van der Waals surface area contributed by atoms with Crippen LogP contribution in [-0.4, -0.2) is 14.8 Å². The van der Waals surface area contributed by atoms with E-state index in [1.807, 2.05) is 6.07 Å². The van der Waals surface area contributed by atoms with Gasteiger partial charge >= 0.3 is 0 Å². The fourth-order valence-corrected chi connectivity index (χ4v) is 2.43. The summed E-state index contributed by atoms with van der Waals surface area (Å²) in [7, 11) is 0. The van der Waals surface area contributed by atoms with Gasteiger partial charge in [0.25, 0.3) is 11.4 Å². The number of benzene rings is 2. The first kappa shape index (κ1) is 19.2. The Morgan fingerprint density at radius 3 is 2.31 bits per heavy atom. The van der Waals surface area contributed by atoms with Crippen LogP contribution < -0.4 is 4.74 Å². The van der Waals surface area contributed by atoms with Crippen molar-refractivity contribution in [1.82, 2.24) is 4.98 Å². The summed E-state index contributed by atoms with van der Waals surface area (Å²) in [5.41, 5.74) is 1.18. The Morgan fingerprint density at radius 2 is 1.72 bits per heavy atom. The van der Waals surface area contributed by atoms with Crippen LogP contribution in [0.4, 0.5) is 11.4 Å². The number of rotatable bonds is 6. The zero-order valence-electron chi connectivity index (χ0n) is 14.8. The van der Waals surface area contributed by atoms with Crippen LogP contribution >= 0.6 is 0 Å². The third kappa shape index (κ3) is 4.78. The molecule has 0 bridgehead atoms. The molecule has 9 heteroatoms. The second-order valence-electron chi connectivity index (χ2n) is 5.76. The lowest BCUT2D eigenvalue weighted by molar-refractivity contribution is -0.385.